The Morgan fingerprint density at radius 1 is 1.10 bits per heavy atom. The largest absolute Gasteiger partial charge is 0.462 e. The number of pyridine rings is 1. The molecule has 1 unspecified atom stereocenters. The number of nitrogens with zero attached hydrogens (tertiary/aromatic N) is 2. The molecule has 2 saturated carbocycles. The summed E-state index contributed by atoms with van der Waals surface area (Å²) in [5.41, 5.74) is -3.47. The Balaban J connectivity index is 1.60. The van der Waals surface area contributed by atoms with E-state index < -0.39 is 91.8 Å². The summed E-state index contributed by atoms with van der Waals surface area (Å²) >= 11 is 0. The second kappa shape index (κ2) is 15.1. The van der Waals surface area contributed by atoms with E-state index in [0.717, 1.165) is 4.90 Å². The number of aromatic nitrogens is 1. The van der Waals surface area contributed by atoms with E-state index in [1.54, 1.807) is 48.5 Å². The Kier molecular flexibility index (Phi) is 11.6. The van der Waals surface area contributed by atoms with Crippen molar-refractivity contribution in [3.63, 3.8) is 0 Å². The predicted octanol–water partition coefficient (Wildman–Crippen LogP) is 2.39. The van der Waals surface area contributed by atoms with Gasteiger partial charge in [0, 0.05) is 18.5 Å². The number of alkyl carbamates (subject to hydrolysis) is 1. The van der Waals surface area contributed by atoms with Crippen LogP contribution in [-0.2, 0) is 38.6 Å². The van der Waals surface area contributed by atoms with Crippen LogP contribution in [0.15, 0.2) is 31.0 Å². The minimum Gasteiger partial charge on any atom is -0.462 e. The maximum atomic E-state index is 14.3. The van der Waals surface area contributed by atoms with Crippen molar-refractivity contribution in [1.29, 1.82) is 0 Å². The summed E-state index contributed by atoms with van der Waals surface area (Å²) < 4.78 is 43.3. The van der Waals surface area contributed by atoms with Crippen LogP contribution in [0.5, 0.6) is 0 Å². The molecule has 2 heterocycles. The van der Waals surface area contributed by atoms with E-state index in [1.165, 1.54) is 24.4 Å². The topological polar surface area (TPSA) is 228 Å². The molecule has 5 atom stereocenters. The van der Waals surface area contributed by atoms with Gasteiger partial charge in [-0.3, -0.25) is 24.4 Å². The number of carbonyl (C=O) groups is 6. The summed E-state index contributed by atoms with van der Waals surface area (Å²) in [5.74, 6) is -3.91. The Morgan fingerprint density at radius 2 is 1.77 bits per heavy atom. The molecule has 286 valence electrons. The van der Waals surface area contributed by atoms with Crippen molar-refractivity contribution in [2.45, 2.75) is 109 Å². The highest BCUT2D eigenvalue weighted by atomic mass is 32.2. The van der Waals surface area contributed by atoms with Gasteiger partial charge in [0.1, 0.15) is 40.7 Å². The van der Waals surface area contributed by atoms with E-state index in [2.05, 4.69) is 32.2 Å². The molecule has 17 nitrogen and oxygen atoms in total. The molecule has 0 bridgehead atoms. The number of likely N-dealkylation sites (tertiary alicyclic amines) is 1. The molecule has 1 aliphatic heterocycles. The number of nitrogens with one attached hydrogen (secondary N) is 4. The van der Waals surface area contributed by atoms with Crippen molar-refractivity contribution in [1.82, 2.24) is 25.2 Å². The van der Waals surface area contributed by atoms with Gasteiger partial charge in [0.2, 0.25) is 21.8 Å². The molecular formula is C34H48N6O11S. The third kappa shape index (κ3) is 9.57. The van der Waals surface area contributed by atoms with Gasteiger partial charge in [-0.1, -0.05) is 26.8 Å². The molecule has 3 fully saturated rings. The van der Waals surface area contributed by atoms with Crippen LogP contribution in [0.1, 0.15) is 84.5 Å². The Morgan fingerprint density at radius 3 is 2.33 bits per heavy atom. The monoisotopic (exact) mass is 748 g/mol. The summed E-state index contributed by atoms with van der Waals surface area (Å²) in [7, 11) is -3.95. The van der Waals surface area contributed by atoms with Gasteiger partial charge in [-0.25, -0.2) is 27.8 Å². The Hall–Kier alpha value is -4.74. The van der Waals surface area contributed by atoms with Gasteiger partial charge < -0.3 is 29.7 Å². The van der Waals surface area contributed by atoms with Crippen LogP contribution in [0.25, 0.3) is 0 Å². The standard InChI is InChI=1S/C34H48N6O11S/c1-9-19-17-34(19,29(44)39-52(47,48)21-13-14-21)38-26(41)23-16-20(50-30(45)37-25-22(12-11-15-35-25)28(43)49-10-2)18-40(23)27(42)24(32(3,4)5)36-31(46)51-33(6,7)8/h9,11-12,15,19-21,23-24H,1,10,13-14,16-18H2,2-8H3,(H,36,46)(H,38,41)(H,39,44)(H,35,37,45)/t19?,20-,23+,24-,34-/m1/s1. The van der Waals surface area contributed by atoms with Gasteiger partial charge in [-0.15, -0.1) is 6.58 Å². The lowest BCUT2D eigenvalue weighted by Crippen LogP contribution is -2.60. The van der Waals surface area contributed by atoms with E-state index in [1.807, 2.05) is 0 Å². The van der Waals surface area contributed by atoms with Crippen molar-refractivity contribution in [3.05, 3.63) is 36.5 Å². The maximum absolute atomic E-state index is 14.3. The zero-order valence-electron chi connectivity index (χ0n) is 30.4. The highest BCUT2D eigenvalue weighted by molar-refractivity contribution is 7.91. The van der Waals surface area contributed by atoms with E-state index in [-0.39, 0.29) is 37.4 Å². The fraction of sp³-hybridized carbons (Fsp3) is 0.618. The van der Waals surface area contributed by atoms with Crippen molar-refractivity contribution >= 4 is 51.7 Å². The maximum Gasteiger partial charge on any atom is 0.413 e. The van der Waals surface area contributed by atoms with Crippen LogP contribution in [-0.4, -0.2) is 102 Å². The molecule has 18 heteroatoms. The zero-order valence-corrected chi connectivity index (χ0v) is 31.3. The molecule has 3 aliphatic rings. The molecule has 2 aliphatic carbocycles. The van der Waals surface area contributed by atoms with Crippen LogP contribution < -0.4 is 20.7 Å². The normalized spacial score (nSPS) is 23.4. The molecule has 4 N–H and O–H groups in total. The second-order valence-electron chi connectivity index (χ2n) is 15.1. The SMILES string of the molecule is C=CC1C[C@]1(NC(=O)[C@@H]1C[C@@H](OC(=O)Nc2ncccc2C(=O)OCC)CN1C(=O)[C@@H](NC(=O)OC(C)(C)C)C(C)(C)C)C(=O)NS(=O)(=O)C1CC1. The smallest absolute Gasteiger partial charge is 0.413 e. The number of sulfonamides is 1. The Labute approximate surface area is 303 Å². The molecule has 0 aromatic carbocycles. The van der Waals surface area contributed by atoms with Gasteiger partial charge in [-0.2, -0.15) is 0 Å². The molecule has 1 aromatic rings. The first kappa shape index (κ1) is 40.0. The average molecular weight is 749 g/mol. The number of carbonyl (C=O) groups excluding carboxylic acids is 6. The average Bonchev–Trinajstić information content (AvgIpc) is 3.95. The molecule has 4 rings (SSSR count). The van der Waals surface area contributed by atoms with Crippen molar-refractivity contribution in [2.24, 2.45) is 11.3 Å². The number of hydrogen-bond donors (Lipinski definition) is 4. The fourth-order valence-corrected chi connectivity index (χ4v) is 7.15. The number of hydrogen-bond acceptors (Lipinski definition) is 12. The number of esters is 1. The van der Waals surface area contributed by atoms with Gasteiger partial charge >= 0.3 is 18.2 Å². The van der Waals surface area contributed by atoms with Crippen LogP contribution in [0.4, 0.5) is 15.4 Å². The first-order valence-corrected chi connectivity index (χ1v) is 18.6. The molecule has 0 spiro atoms. The molecule has 0 radical (unpaired) electrons. The third-order valence-electron chi connectivity index (χ3n) is 8.67. The van der Waals surface area contributed by atoms with Crippen LogP contribution in [0.3, 0.4) is 0 Å². The van der Waals surface area contributed by atoms with E-state index >= 15 is 0 Å². The van der Waals surface area contributed by atoms with Gasteiger partial charge in [0.15, 0.2) is 0 Å². The summed E-state index contributed by atoms with van der Waals surface area (Å²) in [5, 5.41) is 6.97. The molecule has 1 aromatic heterocycles. The first-order chi connectivity index (χ1) is 24.1. The van der Waals surface area contributed by atoms with Gasteiger partial charge in [-0.05, 0) is 64.5 Å². The molecule has 1 saturated heterocycles. The summed E-state index contributed by atoms with van der Waals surface area (Å²) in [4.78, 5) is 85.3. The summed E-state index contributed by atoms with van der Waals surface area (Å²) in [6.07, 6.45) is 0.417. The molecule has 52 heavy (non-hydrogen) atoms. The van der Waals surface area contributed by atoms with E-state index in [9.17, 15) is 37.2 Å². The van der Waals surface area contributed by atoms with Crippen molar-refractivity contribution in [3.8, 4) is 0 Å². The van der Waals surface area contributed by atoms with Gasteiger partial charge in [0.05, 0.1) is 18.4 Å². The highest BCUT2D eigenvalue weighted by Crippen LogP contribution is 2.45. The lowest BCUT2D eigenvalue weighted by molar-refractivity contribution is -0.143. The fourth-order valence-electron chi connectivity index (χ4n) is 5.79. The lowest BCUT2D eigenvalue weighted by atomic mass is 9.85. The number of ether oxygens (including phenoxy) is 3. The minimum absolute atomic E-state index is 0.0310. The molecular weight excluding hydrogens is 700 g/mol. The van der Waals surface area contributed by atoms with Crippen molar-refractivity contribution in [2.75, 3.05) is 18.5 Å². The van der Waals surface area contributed by atoms with Crippen LogP contribution in [0, 0.1) is 11.3 Å². The number of amides is 5. The Bertz CT molecular complexity index is 1720. The highest BCUT2D eigenvalue weighted by Gasteiger charge is 2.62. The molecule has 5 amide bonds. The second-order valence-corrected chi connectivity index (χ2v) is 17.1. The quantitative estimate of drug-likeness (QED) is 0.137. The van der Waals surface area contributed by atoms with Gasteiger partial charge in [0.25, 0.3) is 5.91 Å². The number of rotatable bonds is 12. The zero-order chi connectivity index (χ0) is 38.8. The van der Waals surface area contributed by atoms with E-state index in [0.29, 0.717) is 12.8 Å². The lowest BCUT2D eigenvalue weighted by Gasteiger charge is -2.36. The minimum atomic E-state index is -3.95. The third-order valence-corrected chi connectivity index (χ3v) is 10.5. The van der Waals surface area contributed by atoms with Crippen LogP contribution in [0.2, 0.25) is 0 Å². The van der Waals surface area contributed by atoms with Crippen LogP contribution >= 0.6 is 0 Å². The first-order valence-electron chi connectivity index (χ1n) is 17.0. The van der Waals surface area contributed by atoms with Crippen molar-refractivity contribution < 1.29 is 51.4 Å². The summed E-state index contributed by atoms with van der Waals surface area (Å²) in [6, 6.07) is 0.316. The summed E-state index contributed by atoms with van der Waals surface area (Å²) in [6.45, 7) is 15.2. The number of anilines is 1. The van der Waals surface area contributed by atoms with E-state index in [4.69, 9.17) is 14.2 Å². The predicted molar refractivity (Wildman–Crippen MR) is 186 cm³/mol.